The van der Waals surface area contributed by atoms with Crippen LogP contribution in [0.2, 0.25) is 0 Å². The van der Waals surface area contributed by atoms with Gasteiger partial charge in [-0.3, -0.25) is 4.79 Å². The molecule has 0 bridgehead atoms. The lowest BCUT2D eigenvalue weighted by molar-refractivity contribution is 0.0736. The van der Waals surface area contributed by atoms with Crippen molar-refractivity contribution >= 4 is 22.8 Å². The van der Waals surface area contributed by atoms with Crippen LogP contribution in [-0.4, -0.2) is 49.1 Å². The molecule has 0 saturated carbocycles. The highest BCUT2D eigenvalue weighted by molar-refractivity contribution is 5.98. The molecular formula is C21H22N2O4. The van der Waals surface area contributed by atoms with E-state index in [-0.39, 0.29) is 12.4 Å². The molecule has 1 N–H and O–H groups in total. The monoisotopic (exact) mass is 366 g/mol. The Morgan fingerprint density at radius 2 is 1.81 bits per heavy atom. The number of H-pyrrole nitrogens is 1. The summed E-state index contributed by atoms with van der Waals surface area (Å²) in [5, 5.41) is 0.852. The van der Waals surface area contributed by atoms with Crippen LogP contribution in [0.25, 0.3) is 10.9 Å². The van der Waals surface area contributed by atoms with Gasteiger partial charge in [0.25, 0.3) is 0 Å². The van der Waals surface area contributed by atoms with E-state index in [1.807, 2.05) is 32.4 Å². The third kappa shape index (κ3) is 4.74. The summed E-state index contributed by atoms with van der Waals surface area (Å²) in [5.41, 5.74) is 2.43. The number of rotatable bonds is 7. The van der Waals surface area contributed by atoms with Crippen molar-refractivity contribution in [2.45, 2.75) is 6.42 Å². The van der Waals surface area contributed by atoms with Crippen LogP contribution in [0.15, 0.2) is 54.7 Å². The van der Waals surface area contributed by atoms with Gasteiger partial charge in [-0.15, -0.1) is 0 Å². The van der Waals surface area contributed by atoms with Crippen LogP contribution in [0, 0.1) is 0 Å². The van der Waals surface area contributed by atoms with E-state index in [9.17, 15) is 9.59 Å². The van der Waals surface area contributed by atoms with E-state index in [0.717, 1.165) is 29.4 Å². The minimum Gasteiger partial charge on any atom is -0.426 e. The van der Waals surface area contributed by atoms with Crippen molar-refractivity contribution in [3.8, 4) is 5.75 Å². The molecule has 0 saturated heterocycles. The maximum absolute atomic E-state index is 12.1. The summed E-state index contributed by atoms with van der Waals surface area (Å²) in [5.74, 6) is 0.138. The Morgan fingerprint density at radius 1 is 1.04 bits per heavy atom. The number of carbonyl (C=O) groups is 2. The molecule has 0 aliphatic rings. The molecule has 27 heavy (non-hydrogen) atoms. The molecule has 1 heterocycles. The minimum atomic E-state index is -0.897. The van der Waals surface area contributed by atoms with E-state index in [0.29, 0.717) is 11.3 Å². The van der Waals surface area contributed by atoms with Crippen molar-refractivity contribution in [2.75, 3.05) is 27.2 Å². The van der Waals surface area contributed by atoms with Gasteiger partial charge in [0.15, 0.2) is 12.4 Å². The average Bonchev–Trinajstić information content (AvgIpc) is 3.09. The highest BCUT2D eigenvalue weighted by Gasteiger charge is 2.15. The summed E-state index contributed by atoms with van der Waals surface area (Å²) < 4.78 is 10.4. The Labute approximate surface area is 157 Å². The minimum absolute atomic E-state index is 0.279. The molecule has 0 spiro atoms. The van der Waals surface area contributed by atoms with Crippen molar-refractivity contribution < 1.29 is 19.1 Å². The maximum atomic E-state index is 12.1. The molecule has 2 aromatic carbocycles. The number of benzene rings is 2. The number of aromatic amines is 1. The molecule has 140 valence electrons. The van der Waals surface area contributed by atoms with E-state index in [1.54, 1.807) is 36.4 Å². The number of Topliss-reactive ketones (excluding diaryl/α,β-unsaturated/α-hetero) is 1. The molecular weight excluding hydrogens is 344 g/mol. The number of aromatic nitrogens is 1. The molecule has 0 aliphatic carbocycles. The SMILES string of the molecule is CN(C)CCc1c[nH]c2cccc(OC(=O)OCC(=O)c3ccccc3)c12. The fourth-order valence-electron chi connectivity index (χ4n) is 2.80. The van der Waals surface area contributed by atoms with Gasteiger partial charge >= 0.3 is 6.16 Å². The van der Waals surface area contributed by atoms with Gasteiger partial charge < -0.3 is 19.4 Å². The molecule has 0 unspecified atom stereocenters. The van der Waals surface area contributed by atoms with E-state index in [4.69, 9.17) is 9.47 Å². The smallest absolute Gasteiger partial charge is 0.426 e. The van der Waals surface area contributed by atoms with Crippen molar-refractivity contribution in [2.24, 2.45) is 0 Å². The molecule has 3 rings (SSSR count). The summed E-state index contributed by atoms with van der Waals surface area (Å²) in [7, 11) is 4.01. The maximum Gasteiger partial charge on any atom is 0.514 e. The zero-order valence-corrected chi connectivity index (χ0v) is 15.4. The van der Waals surface area contributed by atoms with Crippen LogP contribution >= 0.6 is 0 Å². The second-order valence-corrected chi connectivity index (χ2v) is 6.48. The van der Waals surface area contributed by atoms with E-state index in [1.165, 1.54) is 0 Å². The fourth-order valence-corrected chi connectivity index (χ4v) is 2.80. The van der Waals surface area contributed by atoms with Gasteiger partial charge in [-0.2, -0.15) is 0 Å². The number of likely N-dealkylation sites (N-methyl/N-ethyl adjacent to an activating group) is 1. The van der Waals surface area contributed by atoms with Crippen LogP contribution in [0.5, 0.6) is 5.75 Å². The lowest BCUT2D eigenvalue weighted by atomic mass is 10.1. The second kappa shape index (κ2) is 8.51. The number of hydrogen-bond donors (Lipinski definition) is 1. The van der Waals surface area contributed by atoms with E-state index in [2.05, 4.69) is 9.88 Å². The lowest BCUT2D eigenvalue weighted by Gasteiger charge is -2.10. The third-order valence-corrected chi connectivity index (χ3v) is 4.19. The zero-order chi connectivity index (χ0) is 19.2. The van der Waals surface area contributed by atoms with Crippen molar-refractivity contribution in [3.63, 3.8) is 0 Å². The van der Waals surface area contributed by atoms with Crippen LogP contribution in [0.4, 0.5) is 4.79 Å². The van der Waals surface area contributed by atoms with Gasteiger partial charge in [0.1, 0.15) is 5.75 Å². The molecule has 6 nitrogen and oxygen atoms in total. The highest BCUT2D eigenvalue weighted by Crippen LogP contribution is 2.29. The predicted molar refractivity (Wildman–Crippen MR) is 103 cm³/mol. The van der Waals surface area contributed by atoms with Crippen LogP contribution in [-0.2, 0) is 11.2 Å². The van der Waals surface area contributed by atoms with Gasteiger partial charge in [-0.25, -0.2) is 4.79 Å². The number of ketones is 1. The highest BCUT2D eigenvalue weighted by atomic mass is 16.7. The topological polar surface area (TPSA) is 71.6 Å². The molecule has 0 amide bonds. The number of ether oxygens (including phenoxy) is 2. The van der Waals surface area contributed by atoms with Crippen molar-refractivity contribution in [1.82, 2.24) is 9.88 Å². The quantitative estimate of drug-likeness (QED) is 0.392. The Bertz CT molecular complexity index is 932. The average molecular weight is 366 g/mol. The molecule has 6 heteroatoms. The van der Waals surface area contributed by atoms with Crippen molar-refractivity contribution in [1.29, 1.82) is 0 Å². The Morgan fingerprint density at radius 3 is 2.56 bits per heavy atom. The lowest BCUT2D eigenvalue weighted by Crippen LogP contribution is -2.17. The number of hydrogen-bond acceptors (Lipinski definition) is 5. The summed E-state index contributed by atoms with van der Waals surface area (Å²) >= 11 is 0. The molecule has 3 aromatic rings. The second-order valence-electron chi connectivity index (χ2n) is 6.48. The Kier molecular flexibility index (Phi) is 5.88. The molecule has 0 atom stereocenters. The van der Waals surface area contributed by atoms with E-state index < -0.39 is 6.16 Å². The fraction of sp³-hybridized carbons (Fsp3) is 0.238. The van der Waals surface area contributed by atoms with Gasteiger partial charge in [-0.1, -0.05) is 36.4 Å². The summed E-state index contributed by atoms with van der Waals surface area (Å²) in [6, 6.07) is 14.1. The van der Waals surface area contributed by atoms with Gasteiger partial charge in [0.2, 0.25) is 0 Å². The Balaban J connectivity index is 1.67. The first kappa shape index (κ1) is 18.7. The number of carbonyl (C=O) groups excluding carboxylic acids is 2. The standard InChI is InChI=1S/C21H22N2O4/c1-23(2)12-11-16-13-22-17-9-6-10-19(20(16)17)27-21(25)26-14-18(24)15-7-4-3-5-8-15/h3-10,13,22H,11-12,14H2,1-2H3. The first-order valence-electron chi connectivity index (χ1n) is 8.71. The number of nitrogens with one attached hydrogen (secondary N) is 1. The number of nitrogens with zero attached hydrogens (tertiary/aromatic N) is 1. The van der Waals surface area contributed by atoms with Crippen LogP contribution in [0.1, 0.15) is 15.9 Å². The summed E-state index contributed by atoms with van der Waals surface area (Å²) in [4.78, 5) is 29.4. The summed E-state index contributed by atoms with van der Waals surface area (Å²) in [6.07, 6.45) is 1.84. The largest absolute Gasteiger partial charge is 0.514 e. The first-order valence-corrected chi connectivity index (χ1v) is 8.71. The van der Waals surface area contributed by atoms with Gasteiger partial charge in [0, 0.05) is 29.2 Å². The third-order valence-electron chi connectivity index (χ3n) is 4.19. The van der Waals surface area contributed by atoms with Gasteiger partial charge in [0.05, 0.1) is 0 Å². The molecule has 1 aromatic heterocycles. The van der Waals surface area contributed by atoms with Crippen molar-refractivity contribution in [3.05, 3.63) is 65.9 Å². The first-order chi connectivity index (χ1) is 13.0. The van der Waals surface area contributed by atoms with Gasteiger partial charge in [-0.05, 0) is 38.2 Å². The zero-order valence-electron chi connectivity index (χ0n) is 15.4. The predicted octanol–water partition coefficient (Wildman–Crippen LogP) is 3.67. The van der Waals surface area contributed by atoms with Crippen LogP contribution in [0.3, 0.4) is 0 Å². The molecule has 0 fully saturated rings. The molecule has 0 aliphatic heterocycles. The summed E-state index contributed by atoms with van der Waals surface area (Å²) in [6.45, 7) is 0.511. The number of fused-ring (bicyclic) bond motifs is 1. The van der Waals surface area contributed by atoms with Crippen LogP contribution < -0.4 is 4.74 Å². The van der Waals surface area contributed by atoms with E-state index >= 15 is 0 Å². The molecule has 0 radical (unpaired) electrons. The Hall–Kier alpha value is -3.12. The normalized spacial score (nSPS) is 10.9.